The van der Waals surface area contributed by atoms with Crippen LogP contribution in [0.2, 0.25) is 0 Å². The molecular weight excluding hydrogens is 228 g/mol. The number of ether oxygens (including phenoxy) is 1. The highest BCUT2D eigenvalue weighted by Gasteiger charge is 2.41. The molecule has 98 valence electrons. The molecule has 4 heteroatoms. The van der Waals surface area contributed by atoms with Gasteiger partial charge in [-0.05, 0) is 30.4 Å². The Hall–Kier alpha value is -1.39. The second-order valence-corrected chi connectivity index (χ2v) is 4.72. The van der Waals surface area contributed by atoms with Crippen molar-refractivity contribution in [3.05, 3.63) is 35.4 Å². The molecule has 0 spiro atoms. The largest absolute Gasteiger partial charge is 0.381 e. The maximum Gasteiger partial charge on any atom is 0.244 e. The molecule has 3 N–H and O–H groups in total. The first kappa shape index (κ1) is 13.1. The number of hydrogen-bond acceptors (Lipinski definition) is 3. The van der Waals surface area contributed by atoms with Gasteiger partial charge in [0.2, 0.25) is 5.91 Å². The zero-order valence-corrected chi connectivity index (χ0v) is 10.7. The zero-order valence-electron chi connectivity index (χ0n) is 10.7. The van der Waals surface area contributed by atoms with E-state index in [-0.39, 0.29) is 5.91 Å². The van der Waals surface area contributed by atoms with Crippen LogP contribution >= 0.6 is 0 Å². The SMILES string of the molecule is CCc1ccc(C2(C(=O)NN)CCOCC2)cc1. The second-order valence-electron chi connectivity index (χ2n) is 4.72. The lowest BCUT2D eigenvalue weighted by atomic mass is 9.73. The van der Waals surface area contributed by atoms with Gasteiger partial charge >= 0.3 is 0 Å². The highest BCUT2D eigenvalue weighted by molar-refractivity contribution is 5.87. The molecule has 1 amide bonds. The van der Waals surface area contributed by atoms with Crippen LogP contribution in [0.4, 0.5) is 0 Å². The van der Waals surface area contributed by atoms with Gasteiger partial charge < -0.3 is 4.74 Å². The number of carbonyl (C=O) groups excluding carboxylic acids is 1. The summed E-state index contributed by atoms with van der Waals surface area (Å²) in [6.07, 6.45) is 2.36. The highest BCUT2D eigenvalue weighted by atomic mass is 16.5. The molecule has 1 fully saturated rings. The van der Waals surface area contributed by atoms with E-state index in [4.69, 9.17) is 10.6 Å². The lowest BCUT2D eigenvalue weighted by Gasteiger charge is -2.35. The predicted molar refractivity (Wildman–Crippen MR) is 69.9 cm³/mol. The molecule has 18 heavy (non-hydrogen) atoms. The van der Waals surface area contributed by atoms with Crippen LogP contribution in [0.1, 0.15) is 30.9 Å². The summed E-state index contributed by atoms with van der Waals surface area (Å²) in [5.41, 5.74) is 4.09. The smallest absolute Gasteiger partial charge is 0.244 e. The van der Waals surface area contributed by atoms with Crippen LogP contribution in [0.15, 0.2) is 24.3 Å². The van der Waals surface area contributed by atoms with Crippen LogP contribution in [0.3, 0.4) is 0 Å². The summed E-state index contributed by atoms with van der Waals surface area (Å²) >= 11 is 0. The van der Waals surface area contributed by atoms with E-state index in [9.17, 15) is 4.79 Å². The number of rotatable bonds is 3. The Kier molecular flexibility index (Phi) is 3.99. The highest BCUT2D eigenvalue weighted by Crippen LogP contribution is 2.35. The van der Waals surface area contributed by atoms with Crippen LogP contribution in [0.5, 0.6) is 0 Å². The van der Waals surface area contributed by atoms with E-state index in [1.54, 1.807) is 0 Å². The molecule has 1 aromatic rings. The van der Waals surface area contributed by atoms with Crippen molar-refractivity contribution in [3.63, 3.8) is 0 Å². The normalized spacial score (nSPS) is 18.3. The van der Waals surface area contributed by atoms with Crippen molar-refractivity contribution in [3.8, 4) is 0 Å². The monoisotopic (exact) mass is 248 g/mol. The molecule has 1 saturated heterocycles. The summed E-state index contributed by atoms with van der Waals surface area (Å²) in [7, 11) is 0. The summed E-state index contributed by atoms with van der Waals surface area (Å²) in [4.78, 5) is 12.2. The van der Waals surface area contributed by atoms with Crippen LogP contribution < -0.4 is 11.3 Å². The summed E-state index contributed by atoms with van der Waals surface area (Å²) in [6, 6.07) is 8.24. The number of nitrogens with one attached hydrogen (secondary N) is 1. The summed E-state index contributed by atoms with van der Waals surface area (Å²) in [6.45, 7) is 3.32. The number of carbonyl (C=O) groups is 1. The molecule has 0 aliphatic carbocycles. The lowest BCUT2D eigenvalue weighted by Crippen LogP contribution is -2.50. The Labute approximate surface area is 107 Å². The number of benzene rings is 1. The maximum absolute atomic E-state index is 12.2. The van der Waals surface area contributed by atoms with E-state index < -0.39 is 5.41 Å². The van der Waals surface area contributed by atoms with Gasteiger partial charge in [0.05, 0.1) is 5.41 Å². The molecule has 1 aliphatic heterocycles. The Morgan fingerprint density at radius 2 is 1.94 bits per heavy atom. The third-order valence-electron chi connectivity index (χ3n) is 3.83. The summed E-state index contributed by atoms with van der Waals surface area (Å²) < 4.78 is 5.36. The molecule has 1 aliphatic rings. The fourth-order valence-corrected chi connectivity index (χ4v) is 2.56. The van der Waals surface area contributed by atoms with Crippen molar-refractivity contribution < 1.29 is 9.53 Å². The minimum Gasteiger partial charge on any atom is -0.381 e. The fraction of sp³-hybridized carbons (Fsp3) is 0.500. The van der Waals surface area contributed by atoms with Crippen molar-refractivity contribution in [2.75, 3.05) is 13.2 Å². The average Bonchev–Trinajstić information content (AvgIpc) is 2.47. The van der Waals surface area contributed by atoms with E-state index in [1.165, 1.54) is 5.56 Å². The minimum absolute atomic E-state index is 0.116. The van der Waals surface area contributed by atoms with Gasteiger partial charge in [-0.25, -0.2) is 5.84 Å². The van der Waals surface area contributed by atoms with E-state index >= 15 is 0 Å². The molecule has 0 radical (unpaired) electrons. The number of aryl methyl sites for hydroxylation is 1. The van der Waals surface area contributed by atoms with Gasteiger partial charge in [-0.2, -0.15) is 0 Å². The van der Waals surface area contributed by atoms with Gasteiger partial charge in [0.1, 0.15) is 0 Å². The number of amides is 1. The van der Waals surface area contributed by atoms with Crippen molar-refractivity contribution in [1.29, 1.82) is 0 Å². The third-order valence-corrected chi connectivity index (χ3v) is 3.83. The van der Waals surface area contributed by atoms with Crippen molar-refractivity contribution >= 4 is 5.91 Å². The summed E-state index contributed by atoms with van der Waals surface area (Å²) in [5.74, 6) is 5.23. The number of hydrogen-bond donors (Lipinski definition) is 2. The van der Waals surface area contributed by atoms with Crippen LogP contribution in [-0.2, 0) is 21.4 Å². The molecule has 0 saturated carbocycles. The van der Waals surface area contributed by atoms with Gasteiger partial charge in [0, 0.05) is 13.2 Å². The minimum atomic E-state index is -0.529. The lowest BCUT2D eigenvalue weighted by molar-refractivity contribution is -0.130. The molecule has 1 heterocycles. The van der Waals surface area contributed by atoms with E-state index in [0.717, 1.165) is 12.0 Å². The van der Waals surface area contributed by atoms with Gasteiger partial charge in [-0.3, -0.25) is 10.2 Å². The summed E-state index contributed by atoms with van der Waals surface area (Å²) in [5, 5.41) is 0. The van der Waals surface area contributed by atoms with Crippen LogP contribution in [0.25, 0.3) is 0 Å². The van der Waals surface area contributed by atoms with E-state index in [1.807, 2.05) is 12.1 Å². The number of hydrazine groups is 1. The average molecular weight is 248 g/mol. The molecule has 2 rings (SSSR count). The van der Waals surface area contributed by atoms with Crippen molar-refractivity contribution in [2.24, 2.45) is 5.84 Å². The molecule has 1 aromatic carbocycles. The first-order valence-corrected chi connectivity index (χ1v) is 6.41. The first-order chi connectivity index (χ1) is 8.73. The van der Waals surface area contributed by atoms with Crippen LogP contribution in [-0.4, -0.2) is 19.1 Å². The molecule has 0 unspecified atom stereocenters. The van der Waals surface area contributed by atoms with Gasteiger partial charge in [-0.15, -0.1) is 0 Å². The Bertz CT molecular complexity index is 408. The van der Waals surface area contributed by atoms with Crippen LogP contribution in [0, 0.1) is 0 Å². The Morgan fingerprint density at radius 1 is 1.33 bits per heavy atom. The van der Waals surface area contributed by atoms with Gasteiger partial charge in [0.15, 0.2) is 0 Å². The maximum atomic E-state index is 12.2. The molecule has 0 bridgehead atoms. The third kappa shape index (κ3) is 2.26. The Balaban J connectivity index is 2.35. The number of nitrogens with two attached hydrogens (primary N) is 1. The van der Waals surface area contributed by atoms with Gasteiger partial charge in [0.25, 0.3) is 0 Å². The first-order valence-electron chi connectivity index (χ1n) is 6.41. The Morgan fingerprint density at radius 3 is 2.44 bits per heavy atom. The molecule has 0 aromatic heterocycles. The fourth-order valence-electron chi connectivity index (χ4n) is 2.56. The van der Waals surface area contributed by atoms with E-state index in [2.05, 4.69) is 24.5 Å². The predicted octanol–water partition coefficient (Wildman–Crippen LogP) is 1.29. The molecule has 0 atom stereocenters. The quantitative estimate of drug-likeness (QED) is 0.481. The van der Waals surface area contributed by atoms with Crippen molar-refractivity contribution in [1.82, 2.24) is 5.43 Å². The zero-order chi connectivity index (χ0) is 13.0. The molecule has 4 nitrogen and oxygen atoms in total. The topological polar surface area (TPSA) is 64.4 Å². The molecular formula is C14H20N2O2. The van der Waals surface area contributed by atoms with E-state index in [0.29, 0.717) is 26.1 Å². The second kappa shape index (κ2) is 5.50. The van der Waals surface area contributed by atoms with Gasteiger partial charge in [-0.1, -0.05) is 31.2 Å². The standard InChI is InChI=1S/C14H20N2O2/c1-2-11-3-5-12(6-4-11)14(13(17)16-15)7-9-18-10-8-14/h3-6H,2,7-10,15H2,1H3,(H,16,17). The van der Waals surface area contributed by atoms with Crippen molar-refractivity contribution in [2.45, 2.75) is 31.6 Å².